The molecule has 7 heteroatoms. The summed E-state index contributed by atoms with van der Waals surface area (Å²) >= 11 is 7.31. The van der Waals surface area contributed by atoms with Crippen molar-refractivity contribution in [1.82, 2.24) is 20.1 Å². The van der Waals surface area contributed by atoms with Crippen LogP contribution >= 0.6 is 23.4 Å². The largest absolute Gasteiger partial charge is 0.351 e. The average molecular weight is 353 g/mol. The molecule has 0 aliphatic heterocycles. The van der Waals surface area contributed by atoms with Crippen LogP contribution in [0.1, 0.15) is 27.7 Å². The summed E-state index contributed by atoms with van der Waals surface area (Å²) in [5, 5.41) is 12.8. The molecule has 0 unspecified atom stereocenters. The normalized spacial score (nSPS) is 11.5. The Labute approximate surface area is 145 Å². The zero-order chi connectivity index (χ0) is 17.0. The summed E-state index contributed by atoms with van der Waals surface area (Å²) in [4.78, 5) is 11.9. The number of carbonyl (C=O) groups excluding carboxylic acids is 1. The van der Waals surface area contributed by atoms with Crippen LogP contribution in [0, 0.1) is 0 Å². The summed E-state index contributed by atoms with van der Waals surface area (Å²) in [6.45, 7) is 8.64. The average Bonchev–Trinajstić information content (AvgIpc) is 2.87. The fourth-order valence-electron chi connectivity index (χ4n) is 2.08. The molecule has 0 aliphatic rings. The molecule has 0 saturated heterocycles. The van der Waals surface area contributed by atoms with Gasteiger partial charge in [0, 0.05) is 22.7 Å². The maximum atomic E-state index is 11.9. The molecule has 1 amide bonds. The Balaban J connectivity index is 2.12. The first-order valence-corrected chi connectivity index (χ1v) is 8.79. The number of rotatable bonds is 5. The van der Waals surface area contributed by atoms with Crippen molar-refractivity contribution in [2.45, 2.75) is 44.9 Å². The molecular weight excluding hydrogens is 332 g/mol. The number of hydrogen-bond acceptors (Lipinski definition) is 4. The molecule has 0 saturated carbocycles. The highest BCUT2D eigenvalue weighted by Gasteiger charge is 2.17. The molecule has 0 bridgehead atoms. The molecule has 1 heterocycles. The molecule has 2 aromatic rings. The number of halogens is 1. The van der Waals surface area contributed by atoms with Crippen LogP contribution in [0.2, 0.25) is 5.02 Å². The lowest BCUT2D eigenvalue weighted by Crippen LogP contribution is -2.41. The Kier molecular flexibility index (Phi) is 5.70. The molecule has 1 aromatic heterocycles. The Bertz CT molecular complexity index is 676. The van der Waals surface area contributed by atoms with Gasteiger partial charge in [-0.05, 0) is 52.0 Å². The number of amides is 1. The predicted octanol–water partition coefficient (Wildman–Crippen LogP) is 3.63. The maximum Gasteiger partial charge on any atom is 0.230 e. The van der Waals surface area contributed by atoms with E-state index in [0.29, 0.717) is 10.8 Å². The molecule has 1 aromatic carbocycles. The third kappa shape index (κ3) is 4.97. The number of thioether (sulfide) groups is 1. The van der Waals surface area contributed by atoms with Gasteiger partial charge in [0.2, 0.25) is 5.91 Å². The molecule has 2 rings (SSSR count). The van der Waals surface area contributed by atoms with Gasteiger partial charge in [-0.15, -0.1) is 10.2 Å². The van der Waals surface area contributed by atoms with E-state index in [0.717, 1.165) is 23.1 Å². The van der Waals surface area contributed by atoms with Crippen LogP contribution in [0.15, 0.2) is 29.4 Å². The van der Waals surface area contributed by atoms with Gasteiger partial charge in [0.15, 0.2) is 11.0 Å². The van der Waals surface area contributed by atoms with E-state index in [4.69, 9.17) is 11.6 Å². The van der Waals surface area contributed by atoms with E-state index < -0.39 is 0 Å². The van der Waals surface area contributed by atoms with Crippen LogP contribution in [0.25, 0.3) is 11.4 Å². The molecule has 5 nitrogen and oxygen atoms in total. The van der Waals surface area contributed by atoms with Crippen LogP contribution in [0.3, 0.4) is 0 Å². The number of hydrogen-bond donors (Lipinski definition) is 1. The van der Waals surface area contributed by atoms with Crippen molar-refractivity contribution in [2.75, 3.05) is 5.75 Å². The second-order valence-electron chi connectivity index (χ2n) is 6.14. The maximum absolute atomic E-state index is 11.9. The van der Waals surface area contributed by atoms with E-state index in [1.165, 1.54) is 11.8 Å². The van der Waals surface area contributed by atoms with Crippen molar-refractivity contribution in [3.05, 3.63) is 29.3 Å². The van der Waals surface area contributed by atoms with Crippen LogP contribution in [0.4, 0.5) is 0 Å². The van der Waals surface area contributed by atoms with E-state index in [1.54, 1.807) is 0 Å². The van der Waals surface area contributed by atoms with E-state index >= 15 is 0 Å². The summed E-state index contributed by atoms with van der Waals surface area (Å²) in [7, 11) is 0. The molecule has 0 aliphatic carbocycles. The quantitative estimate of drug-likeness (QED) is 0.835. The fourth-order valence-corrected chi connectivity index (χ4v) is 3.01. The zero-order valence-electron chi connectivity index (χ0n) is 13.8. The van der Waals surface area contributed by atoms with Crippen molar-refractivity contribution in [2.24, 2.45) is 0 Å². The Morgan fingerprint density at radius 3 is 2.48 bits per heavy atom. The molecule has 1 N–H and O–H groups in total. The lowest BCUT2D eigenvalue weighted by atomic mass is 10.1. The summed E-state index contributed by atoms with van der Waals surface area (Å²) in [6, 6.07) is 7.49. The van der Waals surface area contributed by atoms with Crippen molar-refractivity contribution < 1.29 is 4.79 Å². The monoisotopic (exact) mass is 352 g/mol. The molecule has 23 heavy (non-hydrogen) atoms. The van der Waals surface area contributed by atoms with Gasteiger partial charge in [-0.2, -0.15) is 0 Å². The third-order valence-electron chi connectivity index (χ3n) is 2.98. The van der Waals surface area contributed by atoms with Gasteiger partial charge in [0.05, 0.1) is 5.75 Å². The molecule has 0 atom stereocenters. The van der Waals surface area contributed by atoms with E-state index in [1.807, 2.05) is 56.5 Å². The minimum Gasteiger partial charge on any atom is -0.351 e. The van der Waals surface area contributed by atoms with Crippen molar-refractivity contribution >= 4 is 29.3 Å². The first-order chi connectivity index (χ1) is 10.8. The lowest BCUT2D eigenvalue weighted by molar-refractivity contribution is -0.119. The predicted molar refractivity (Wildman–Crippen MR) is 94.8 cm³/mol. The second kappa shape index (κ2) is 7.36. The number of nitrogens with one attached hydrogen (secondary N) is 1. The standard InChI is InChI=1S/C16H21ClN4OS/c1-5-21-14(11-6-8-12(17)9-7-11)19-20-15(21)23-10-13(22)18-16(2,3)4/h6-9H,5,10H2,1-4H3,(H,18,22). The van der Waals surface area contributed by atoms with Crippen molar-refractivity contribution in [1.29, 1.82) is 0 Å². The van der Waals surface area contributed by atoms with Crippen LogP contribution in [-0.4, -0.2) is 32.0 Å². The topological polar surface area (TPSA) is 59.8 Å². The number of benzene rings is 1. The van der Waals surface area contributed by atoms with E-state index in [9.17, 15) is 4.79 Å². The second-order valence-corrected chi connectivity index (χ2v) is 7.52. The smallest absolute Gasteiger partial charge is 0.230 e. The lowest BCUT2D eigenvalue weighted by Gasteiger charge is -2.20. The van der Waals surface area contributed by atoms with Gasteiger partial charge in [0.1, 0.15) is 0 Å². The van der Waals surface area contributed by atoms with Crippen LogP contribution in [-0.2, 0) is 11.3 Å². The van der Waals surface area contributed by atoms with Crippen LogP contribution < -0.4 is 5.32 Å². The Hall–Kier alpha value is -1.53. The van der Waals surface area contributed by atoms with Gasteiger partial charge in [0.25, 0.3) is 0 Å². The Morgan fingerprint density at radius 2 is 1.91 bits per heavy atom. The minimum absolute atomic E-state index is 0.0128. The first kappa shape index (κ1) is 17.8. The van der Waals surface area contributed by atoms with E-state index in [-0.39, 0.29) is 11.4 Å². The van der Waals surface area contributed by atoms with E-state index in [2.05, 4.69) is 15.5 Å². The van der Waals surface area contributed by atoms with Gasteiger partial charge in [-0.1, -0.05) is 23.4 Å². The number of aromatic nitrogens is 3. The number of carbonyl (C=O) groups is 1. The third-order valence-corrected chi connectivity index (χ3v) is 4.20. The van der Waals surface area contributed by atoms with Crippen molar-refractivity contribution in [3.8, 4) is 11.4 Å². The highest BCUT2D eigenvalue weighted by Crippen LogP contribution is 2.25. The summed E-state index contributed by atoms with van der Waals surface area (Å²) < 4.78 is 2.00. The zero-order valence-corrected chi connectivity index (χ0v) is 15.3. The fraction of sp³-hybridized carbons (Fsp3) is 0.438. The van der Waals surface area contributed by atoms with Crippen molar-refractivity contribution in [3.63, 3.8) is 0 Å². The molecular formula is C16H21ClN4OS. The molecule has 0 spiro atoms. The minimum atomic E-state index is -0.232. The van der Waals surface area contributed by atoms with Gasteiger partial charge >= 0.3 is 0 Å². The van der Waals surface area contributed by atoms with Gasteiger partial charge in [-0.25, -0.2) is 0 Å². The van der Waals surface area contributed by atoms with Gasteiger partial charge in [-0.3, -0.25) is 4.79 Å². The summed E-state index contributed by atoms with van der Waals surface area (Å²) in [5.41, 5.74) is 0.722. The van der Waals surface area contributed by atoms with Crippen LogP contribution in [0.5, 0.6) is 0 Å². The summed E-state index contributed by atoms with van der Waals surface area (Å²) in [5.74, 6) is 1.08. The highest BCUT2D eigenvalue weighted by atomic mass is 35.5. The molecule has 0 radical (unpaired) electrons. The first-order valence-electron chi connectivity index (χ1n) is 7.43. The molecule has 0 fully saturated rings. The molecule has 124 valence electrons. The summed E-state index contributed by atoms with van der Waals surface area (Å²) in [6.07, 6.45) is 0. The number of nitrogens with zero attached hydrogens (tertiary/aromatic N) is 3. The SMILES string of the molecule is CCn1c(SCC(=O)NC(C)(C)C)nnc1-c1ccc(Cl)cc1. The Morgan fingerprint density at radius 1 is 1.26 bits per heavy atom. The van der Waals surface area contributed by atoms with Gasteiger partial charge < -0.3 is 9.88 Å². The highest BCUT2D eigenvalue weighted by molar-refractivity contribution is 7.99.